The molecule has 0 radical (unpaired) electrons. The topological polar surface area (TPSA) is 70.4 Å². The van der Waals surface area contributed by atoms with Crippen LogP contribution in [0.25, 0.3) is 5.95 Å². The van der Waals surface area contributed by atoms with Crippen LogP contribution in [0.2, 0.25) is 0 Å². The highest BCUT2D eigenvalue weighted by Gasteiger charge is 2.29. The summed E-state index contributed by atoms with van der Waals surface area (Å²) in [5, 5.41) is 4.64. The van der Waals surface area contributed by atoms with Gasteiger partial charge in [-0.15, -0.1) is 0 Å². The predicted octanol–water partition coefficient (Wildman–Crippen LogP) is 2.13. The summed E-state index contributed by atoms with van der Waals surface area (Å²) in [4.78, 5) is 28.4. The second-order valence-corrected chi connectivity index (χ2v) is 8.41. The van der Waals surface area contributed by atoms with Crippen molar-refractivity contribution in [1.29, 1.82) is 0 Å². The van der Waals surface area contributed by atoms with Gasteiger partial charge in [-0.25, -0.2) is 14.6 Å². The molecule has 1 saturated carbocycles. The summed E-state index contributed by atoms with van der Waals surface area (Å²) in [5.74, 6) is 0.854. The van der Waals surface area contributed by atoms with Gasteiger partial charge in [0.1, 0.15) is 0 Å². The van der Waals surface area contributed by atoms with Gasteiger partial charge in [0, 0.05) is 75.9 Å². The lowest BCUT2D eigenvalue weighted by Crippen LogP contribution is -2.45. The molecule has 0 aromatic carbocycles. The van der Waals surface area contributed by atoms with Gasteiger partial charge in [0.15, 0.2) is 0 Å². The maximum absolute atomic E-state index is 12.9. The number of hydrogen-bond acceptors (Lipinski definition) is 6. The molecule has 31 heavy (non-hydrogen) atoms. The second kappa shape index (κ2) is 10.3. The molecule has 5 rings (SSSR count). The molecular weight excluding hydrogens is 390 g/mol. The van der Waals surface area contributed by atoms with Crippen LogP contribution in [0.3, 0.4) is 0 Å². The monoisotopic (exact) mass is 425 g/mol. The van der Waals surface area contributed by atoms with Crippen molar-refractivity contribution in [2.24, 2.45) is 0 Å². The summed E-state index contributed by atoms with van der Waals surface area (Å²) in [6, 6.07) is 2.57. The Morgan fingerprint density at radius 1 is 1.03 bits per heavy atom. The van der Waals surface area contributed by atoms with E-state index >= 15 is 0 Å². The summed E-state index contributed by atoms with van der Waals surface area (Å²) in [7, 11) is 0. The van der Waals surface area contributed by atoms with Gasteiger partial charge in [-0.3, -0.25) is 14.6 Å². The Balaban J connectivity index is 0.00000112. The van der Waals surface area contributed by atoms with Crippen molar-refractivity contribution in [3.05, 3.63) is 35.9 Å². The number of fused-ring (bicyclic) bond motifs is 1. The fourth-order valence-electron chi connectivity index (χ4n) is 4.61. The van der Waals surface area contributed by atoms with Crippen LogP contribution in [0.15, 0.2) is 24.7 Å². The first-order valence-electron chi connectivity index (χ1n) is 11.9. The first kappa shape index (κ1) is 21.9. The van der Waals surface area contributed by atoms with E-state index in [4.69, 9.17) is 0 Å². The Kier molecular flexibility index (Phi) is 7.29. The average molecular weight is 426 g/mol. The third-order valence-corrected chi connectivity index (χ3v) is 6.53. The maximum atomic E-state index is 12.9. The highest BCUT2D eigenvalue weighted by atomic mass is 16.2. The Morgan fingerprint density at radius 3 is 2.58 bits per heavy atom. The summed E-state index contributed by atoms with van der Waals surface area (Å²) >= 11 is 0. The Hall–Kier alpha value is -2.32. The minimum Gasteiger partial charge on any atom is -0.340 e. The lowest BCUT2D eigenvalue weighted by Gasteiger charge is -2.36. The van der Waals surface area contributed by atoms with Crippen molar-refractivity contribution in [3.63, 3.8) is 0 Å². The lowest BCUT2D eigenvalue weighted by molar-refractivity contribution is -0.132. The number of hydrogen-bond donors (Lipinski definition) is 0. The van der Waals surface area contributed by atoms with E-state index < -0.39 is 0 Å². The maximum Gasteiger partial charge on any atom is 0.250 e. The fraction of sp³-hybridized carbons (Fsp3) is 0.652. The van der Waals surface area contributed by atoms with E-state index in [0.29, 0.717) is 12.5 Å². The molecule has 0 unspecified atom stereocenters. The molecule has 0 bridgehead atoms. The van der Waals surface area contributed by atoms with Gasteiger partial charge >= 0.3 is 0 Å². The molecule has 1 saturated heterocycles. The van der Waals surface area contributed by atoms with Crippen molar-refractivity contribution in [2.75, 3.05) is 39.3 Å². The molecule has 3 aliphatic rings. The first-order chi connectivity index (χ1) is 15.3. The summed E-state index contributed by atoms with van der Waals surface area (Å²) < 4.78 is 1.75. The fourth-order valence-corrected chi connectivity index (χ4v) is 4.61. The molecule has 2 aromatic rings. The van der Waals surface area contributed by atoms with Gasteiger partial charge in [-0.2, -0.15) is 5.10 Å². The molecule has 4 heterocycles. The molecule has 8 heteroatoms. The summed E-state index contributed by atoms with van der Waals surface area (Å²) in [6.07, 6.45) is 11.5. The lowest BCUT2D eigenvalue weighted by atomic mass is 9.91. The predicted molar refractivity (Wildman–Crippen MR) is 120 cm³/mol. The molecule has 2 fully saturated rings. The standard InChI is InChI=1S/C21H29N7O.C2H6/c29-20(27-10-3-9-26(12-13-27)18-4-1-5-18)16-25-11-6-19-17(14-25)15-28(24-19)21-22-7-2-8-23-21;1-2/h2,7-8,15,18H,1,3-6,9-14,16H2;1-2H3. The van der Waals surface area contributed by atoms with Crippen LogP contribution in [-0.4, -0.2) is 85.7 Å². The molecule has 0 atom stereocenters. The molecule has 8 nitrogen and oxygen atoms in total. The van der Waals surface area contributed by atoms with E-state index in [1.54, 1.807) is 23.1 Å². The highest BCUT2D eigenvalue weighted by molar-refractivity contribution is 5.78. The molecule has 2 aliphatic heterocycles. The van der Waals surface area contributed by atoms with Crippen molar-refractivity contribution < 1.29 is 4.79 Å². The van der Waals surface area contributed by atoms with Crippen LogP contribution in [-0.2, 0) is 17.8 Å². The van der Waals surface area contributed by atoms with E-state index in [-0.39, 0.29) is 5.91 Å². The van der Waals surface area contributed by atoms with Gasteiger partial charge in [-0.1, -0.05) is 20.3 Å². The van der Waals surface area contributed by atoms with E-state index in [2.05, 4.69) is 29.8 Å². The Morgan fingerprint density at radius 2 is 1.84 bits per heavy atom. The SMILES string of the molecule is CC.O=C(CN1CCc2nn(-c3ncccn3)cc2C1)N1CCCN(C2CCC2)CC1. The van der Waals surface area contributed by atoms with Gasteiger partial charge in [-0.05, 0) is 25.3 Å². The van der Waals surface area contributed by atoms with Gasteiger partial charge in [0.2, 0.25) is 11.9 Å². The second-order valence-electron chi connectivity index (χ2n) is 8.41. The minimum atomic E-state index is 0.266. The quantitative estimate of drug-likeness (QED) is 0.748. The van der Waals surface area contributed by atoms with Crippen molar-refractivity contribution in [2.45, 2.75) is 58.5 Å². The van der Waals surface area contributed by atoms with E-state index in [1.807, 2.05) is 20.0 Å². The normalized spacial score (nSPS) is 20.3. The van der Waals surface area contributed by atoms with Crippen molar-refractivity contribution in [3.8, 4) is 5.95 Å². The number of amides is 1. The first-order valence-corrected chi connectivity index (χ1v) is 11.9. The number of carbonyl (C=O) groups is 1. The number of aromatic nitrogens is 4. The number of rotatable bonds is 4. The smallest absolute Gasteiger partial charge is 0.250 e. The van der Waals surface area contributed by atoms with Crippen molar-refractivity contribution >= 4 is 5.91 Å². The zero-order valence-corrected chi connectivity index (χ0v) is 18.9. The average Bonchev–Trinajstić information content (AvgIpc) is 3.05. The Bertz CT molecular complexity index is 849. The van der Waals surface area contributed by atoms with E-state index in [1.165, 1.54) is 24.8 Å². The molecule has 2 aromatic heterocycles. The van der Waals surface area contributed by atoms with Crippen LogP contribution >= 0.6 is 0 Å². The molecule has 0 N–H and O–H groups in total. The zero-order valence-electron chi connectivity index (χ0n) is 18.9. The molecule has 0 spiro atoms. The van der Waals surface area contributed by atoms with E-state index in [0.717, 1.165) is 63.8 Å². The largest absolute Gasteiger partial charge is 0.340 e. The van der Waals surface area contributed by atoms with Gasteiger partial charge < -0.3 is 4.90 Å². The third kappa shape index (κ3) is 5.13. The molecule has 1 aliphatic carbocycles. The Labute approximate surface area is 185 Å². The van der Waals surface area contributed by atoms with Crippen molar-refractivity contribution in [1.82, 2.24) is 34.4 Å². The molecular formula is C23H35N7O. The van der Waals surface area contributed by atoms with Crippen LogP contribution in [0.5, 0.6) is 0 Å². The van der Waals surface area contributed by atoms with E-state index in [9.17, 15) is 4.79 Å². The summed E-state index contributed by atoms with van der Waals surface area (Å²) in [5.41, 5.74) is 2.26. The zero-order chi connectivity index (χ0) is 21.6. The molecule has 168 valence electrons. The molecule has 1 amide bonds. The van der Waals surface area contributed by atoms with Crippen LogP contribution in [0.1, 0.15) is 50.8 Å². The van der Waals surface area contributed by atoms with Crippen LogP contribution in [0.4, 0.5) is 0 Å². The van der Waals surface area contributed by atoms with Gasteiger partial charge in [0.05, 0.1) is 12.2 Å². The van der Waals surface area contributed by atoms with Crippen LogP contribution in [0, 0.1) is 0 Å². The minimum absolute atomic E-state index is 0.266. The third-order valence-electron chi connectivity index (χ3n) is 6.53. The summed E-state index contributed by atoms with van der Waals surface area (Å²) in [6.45, 7) is 10.1. The highest BCUT2D eigenvalue weighted by Crippen LogP contribution is 2.25. The van der Waals surface area contributed by atoms with Gasteiger partial charge in [0.25, 0.3) is 0 Å². The van der Waals surface area contributed by atoms with Crippen LogP contribution < -0.4 is 0 Å². The number of nitrogens with zero attached hydrogens (tertiary/aromatic N) is 7. The number of carbonyl (C=O) groups excluding carboxylic acids is 1.